The first-order chi connectivity index (χ1) is 12.0. The number of ketones is 1. The molecule has 0 spiro atoms. The number of hydrogen-bond acceptors (Lipinski definition) is 5. The molecule has 2 heterocycles. The van der Waals surface area contributed by atoms with Crippen LogP contribution in [-0.4, -0.2) is 19.2 Å². The SMILES string of the molecule is CC(=O)c1ccc(S(=O)(=O)NCc2cccnc2-c2cccs2)cc1. The van der Waals surface area contributed by atoms with Crippen LogP contribution in [0.25, 0.3) is 10.6 Å². The van der Waals surface area contributed by atoms with E-state index in [1.165, 1.54) is 31.2 Å². The summed E-state index contributed by atoms with van der Waals surface area (Å²) in [6.07, 6.45) is 1.69. The quantitative estimate of drug-likeness (QED) is 0.672. The van der Waals surface area contributed by atoms with E-state index in [1.807, 2.05) is 23.6 Å². The molecule has 5 nitrogen and oxygen atoms in total. The number of nitrogens with one attached hydrogen (secondary N) is 1. The summed E-state index contributed by atoms with van der Waals surface area (Å²) in [5.41, 5.74) is 2.05. The minimum absolute atomic E-state index is 0.104. The van der Waals surface area contributed by atoms with Crippen molar-refractivity contribution in [1.82, 2.24) is 9.71 Å². The zero-order valence-electron chi connectivity index (χ0n) is 13.5. The van der Waals surface area contributed by atoms with Gasteiger partial charge in [0.25, 0.3) is 0 Å². The Balaban J connectivity index is 1.80. The van der Waals surface area contributed by atoms with Gasteiger partial charge >= 0.3 is 0 Å². The molecule has 1 aromatic carbocycles. The van der Waals surface area contributed by atoms with E-state index in [1.54, 1.807) is 23.6 Å². The Labute approximate surface area is 150 Å². The molecule has 0 unspecified atom stereocenters. The molecule has 0 saturated heterocycles. The van der Waals surface area contributed by atoms with Gasteiger partial charge in [0.1, 0.15) is 0 Å². The highest BCUT2D eigenvalue weighted by Gasteiger charge is 2.16. The molecule has 0 bridgehead atoms. The number of rotatable bonds is 6. The zero-order valence-corrected chi connectivity index (χ0v) is 15.1. The van der Waals surface area contributed by atoms with Crippen molar-refractivity contribution in [2.24, 2.45) is 0 Å². The second kappa shape index (κ2) is 7.26. The second-order valence-electron chi connectivity index (χ2n) is 5.39. The van der Waals surface area contributed by atoms with Crippen molar-refractivity contribution >= 4 is 27.1 Å². The van der Waals surface area contributed by atoms with Gasteiger partial charge in [-0.1, -0.05) is 24.3 Å². The van der Waals surface area contributed by atoms with Gasteiger partial charge in [-0.05, 0) is 42.1 Å². The van der Waals surface area contributed by atoms with Gasteiger partial charge in [-0.25, -0.2) is 13.1 Å². The lowest BCUT2D eigenvalue weighted by Crippen LogP contribution is -2.23. The van der Waals surface area contributed by atoms with Crippen molar-refractivity contribution in [3.8, 4) is 10.6 Å². The molecule has 3 aromatic rings. The molecule has 128 valence electrons. The number of pyridine rings is 1. The third-order valence-corrected chi connectivity index (χ3v) is 5.96. The van der Waals surface area contributed by atoms with E-state index in [0.29, 0.717) is 5.56 Å². The maximum Gasteiger partial charge on any atom is 0.240 e. The Morgan fingerprint density at radius 2 is 1.88 bits per heavy atom. The molecule has 0 aliphatic carbocycles. The Morgan fingerprint density at radius 3 is 2.52 bits per heavy atom. The minimum atomic E-state index is -3.67. The number of carbonyl (C=O) groups is 1. The molecule has 0 atom stereocenters. The predicted octanol–water partition coefficient (Wildman–Crippen LogP) is 3.49. The molecule has 1 N–H and O–H groups in total. The highest BCUT2D eigenvalue weighted by molar-refractivity contribution is 7.89. The second-order valence-corrected chi connectivity index (χ2v) is 8.11. The summed E-state index contributed by atoms with van der Waals surface area (Å²) >= 11 is 1.55. The van der Waals surface area contributed by atoms with E-state index in [0.717, 1.165) is 16.1 Å². The summed E-state index contributed by atoms with van der Waals surface area (Å²) in [4.78, 5) is 16.8. The average Bonchev–Trinajstić information content (AvgIpc) is 3.15. The fraction of sp³-hybridized carbons (Fsp3) is 0.111. The molecule has 0 aliphatic rings. The van der Waals surface area contributed by atoms with Crippen LogP contribution in [0.3, 0.4) is 0 Å². The van der Waals surface area contributed by atoms with E-state index in [4.69, 9.17) is 0 Å². The number of carbonyl (C=O) groups excluding carboxylic acids is 1. The van der Waals surface area contributed by atoms with Gasteiger partial charge in [0.05, 0.1) is 15.5 Å². The number of Topliss-reactive ketones (excluding diaryl/α,β-unsaturated/α-hetero) is 1. The van der Waals surface area contributed by atoms with Crippen LogP contribution in [0.2, 0.25) is 0 Å². The number of benzene rings is 1. The summed E-state index contributed by atoms with van der Waals surface area (Å²) in [7, 11) is -3.67. The Hall–Kier alpha value is -2.35. The fourth-order valence-corrected chi connectivity index (χ4v) is 4.10. The maximum absolute atomic E-state index is 12.5. The smallest absolute Gasteiger partial charge is 0.240 e. The molecule has 25 heavy (non-hydrogen) atoms. The zero-order chi connectivity index (χ0) is 17.9. The topological polar surface area (TPSA) is 76.1 Å². The van der Waals surface area contributed by atoms with Gasteiger partial charge in [0.2, 0.25) is 10.0 Å². The predicted molar refractivity (Wildman–Crippen MR) is 98.0 cm³/mol. The van der Waals surface area contributed by atoms with Gasteiger partial charge in [0, 0.05) is 18.3 Å². The van der Waals surface area contributed by atoms with Gasteiger partial charge in [-0.15, -0.1) is 11.3 Å². The van der Waals surface area contributed by atoms with Crippen molar-refractivity contribution in [3.63, 3.8) is 0 Å². The van der Waals surface area contributed by atoms with Crippen LogP contribution in [0, 0.1) is 0 Å². The number of sulfonamides is 1. The molecule has 7 heteroatoms. The van der Waals surface area contributed by atoms with E-state index in [9.17, 15) is 13.2 Å². The first-order valence-corrected chi connectivity index (χ1v) is 9.92. The Kier molecular flexibility index (Phi) is 5.08. The molecule has 2 aromatic heterocycles. The van der Waals surface area contributed by atoms with E-state index < -0.39 is 10.0 Å². The molecule has 0 amide bonds. The van der Waals surface area contributed by atoms with Crippen molar-refractivity contribution in [2.45, 2.75) is 18.4 Å². The van der Waals surface area contributed by atoms with Crippen molar-refractivity contribution in [1.29, 1.82) is 0 Å². The van der Waals surface area contributed by atoms with Crippen LogP contribution >= 0.6 is 11.3 Å². The lowest BCUT2D eigenvalue weighted by Gasteiger charge is -2.10. The standard InChI is InChI=1S/C18H16N2O3S2/c1-13(21)14-6-8-16(9-7-14)25(22,23)20-12-15-4-2-10-19-18(15)17-5-3-11-24-17/h2-11,20H,12H2,1H3. The monoisotopic (exact) mass is 372 g/mol. The summed E-state index contributed by atoms with van der Waals surface area (Å²) in [5.74, 6) is -0.104. The number of nitrogens with zero attached hydrogens (tertiary/aromatic N) is 1. The van der Waals surface area contributed by atoms with Gasteiger partial charge in [0.15, 0.2) is 5.78 Å². The lowest BCUT2D eigenvalue weighted by atomic mass is 10.2. The maximum atomic E-state index is 12.5. The number of thiophene rings is 1. The summed E-state index contributed by atoms with van der Waals surface area (Å²) in [6, 6.07) is 13.4. The van der Waals surface area contributed by atoms with Crippen LogP contribution in [0.15, 0.2) is 65.0 Å². The van der Waals surface area contributed by atoms with Crippen LogP contribution in [0.1, 0.15) is 22.8 Å². The molecule has 0 saturated carbocycles. The van der Waals surface area contributed by atoms with E-state index in [2.05, 4.69) is 9.71 Å². The minimum Gasteiger partial charge on any atom is -0.295 e. The summed E-state index contributed by atoms with van der Waals surface area (Å²) < 4.78 is 27.5. The molecular weight excluding hydrogens is 356 g/mol. The molecule has 0 fully saturated rings. The van der Waals surface area contributed by atoms with Gasteiger partial charge in [-0.3, -0.25) is 9.78 Å². The first kappa shape index (κ1) is 17.5. The van der Waals surface area contributed by atoms with Gasteiger partial charge < -0.3 is 0 Å². The molecular formula is C18H16N2O3S2. The third-order valence-electron chi connectivity index (χ3n) is 3.67. The van der Waals surface area contributed by atoms with Gasteiger partial charge in [-0.2, -0.15) is 0 Å². The normalized spacial score (nSPS) is 11.4. The third kappa shape index (κ3) is 4.01. The lowest BCUT2D eigenvalue weighted by molar-refractivity contribution is 0.101. The highest BCUT2D eigenvalue weighted by Crippen LogP contribution is 2.26. The van der Waals surface area contributed by atoms with E-state index >= 15 is 0 Å². The largest absolute Gasteiger partial charge is 0.295 e. The Morgan fingerprint density at radius 1 is 1.12 bits per heavy atom. The van der Waals surface area contributed by atoms with Crippen molar-refractivity contribution < 1.29 is 13.2 Å². The number of hydrogen-bond donors (Lipinski definition) is 1. The Bertz CT molecular complexity index is 979. The first-order valence-electron chi connectivity index (χ1n) is 7.56. The summed E-state index contributed by atoms with van der Waals surface area (Å²) in [6.45, 7) is 1.58. The highest BCUT2D eigenvalue weighted by atomic mass is 32.2. The summed E-state index contributed by atoms with van der Waals surface area (Å²) in [5, 5.41) is 1.95. The fourth-order valence-electron chi connectivity index (χ4n) is 2.34. The molecule has 0 radical (unpaired) electrons. The molecule has 0 aliphatic heterocycles. The molecule has 3 rings (SSSR count). The van der Waals surface area contributed by atoms with Crippen LogP contribution < -0.4 is 4.72 Å². The van der Waals surface area contributed by atoms with Crippen molar-refractivity contribution in [3.05, 3.63) is 71.2 Å². The van der Waals surface area contributed by atoms with Crippen LogP contribution in [0.4, 0.5) is 0 Å². The average molecular weight is 372 g/mol. The number of aromatic nitrogens is 1. The van der Waals surface area contributed by atoms with Crippen LogP contribution in [0.5, 0.6) is 0 Å². The van der Waals surface area contributed by atoms with E-state index in [-0.39, 0.29) is 17.2 Å². The van der Waals surface area contributed by atoms with Crippen LogP contribution in [-0.2, 0) is 16.6 Å². The van der Waals surface area contributed by atoms with Crippen molar-refractivity contribution in [2.75, 3.05) is 0 Å².